The molecule has 2 aromatic rings. The number of rotatable bonds is 5. The zero-order valence-electron chi connectivity index (χ0n) is 18.5. The number of nitrogens with one attached hydrogen (secondary N) is 1. The first kappa shape index (κ1) is 22.8. The normalized spacial score (nSPS) is 20.1. The number of amides is 2. The molecule has 1 aromatic carbocycles. The summed E-state index contributed by atoms with van der Waals surface area (Å²) in [5.41, 5.74) is 0.742. The largest absolute Gasteiger partial charge is 0.337 e. The summed E-state index contributed by atoms with van der Waals surface area (Å²) in [6, 6.07) is 5.86. The summed E-state index contributed by atoms with van der Waals surface area (Å²) in [6.07, 6.45) is 5.10. The van der Waals surface area contributed by atoms with Gasteiger partial charge < -0.3 is 9.80 Å². The third-order valence-corrected chi connectivity index (χ3v) is 7.42. The monoisotopic (exact) mass is 470 g/mol. The second-order valence-corrected chi connectivity index (χ2v) is 9.77. The minimum atomic E-state index is -3.69. The van der Waals surface area contributed by atoms with Crippen LogP contribution in [0.15, 0.2) is 52.7 Å². The first-order chi connectivity index (χ1) is 15.8. The van der Waals surface area contributed by atoms with Crippen LogP contribution in [0.3, 0.4) is 0 Å². The standard InChI is InChI=1S/C22H26N6O4S/c1-3-15(2)19(25-20-16-6-4-5-7-18(16)33(31,32)26-20)22(30)28-12-10-27(11-13-28)21(29)17-14-23-8-9-24-17/h4-9,14-15,19H,3,10-13H2,1-2H3,(H,25,26)/t15-,19-/m0/s1. The Morgan fingerprint density at radius 3 is 2.48 bits per heavy atom. The van der Waals surface area contributed by atoms with Crippen molar-refractivity contribution in [1.82, 2.24) is 24.5 Å². The molecule has 11 heteroatoms. The highest BCUT2D eigenvalue weighted by Gasteiger charge is 2.35. The first-order valence-electron chi connectivity index (χ1n) is 10.9. The number of carbonyl (C=O) groups excluding carboxylic acids is 2. The van der Waals surface area contributed by atoms with Crippen LogP contribution in [-0.2, 0) is 14.8 Å². The van der Waals surface area contributed by atoms with E-state index in [4.69, 9.17) is 0 Å². The lowest BCUT2D eigenvalue weighted by Gasteiger charge is -2.36. The summed E-state index contributed by atoms with van der Waals surface area (Å²) in [6.45, 7) is 5.38. The lowest BCUT2D eigenvalue weighted by atomic mass is 9.97. The van der Waals surface area contributed by atoms with Gasteiger partial charge in [-0.15, -0.1) is 0 Å². The van der Waals surface area contributed by atoms with Crippen LogP contribution in [0.4, 0.5) is 0 Å². The third-order valence-electron chi connectivity index (χ3n) is 6.03. The van der Waals surface area contributed by atoms with E-state index in [0.717, 1.165) is 0 Å². The molecule has 0 spiro atoms. The second kappa shape index (κ2) is 9.26. The Balaban J connectivity index is 1.51. The van der Waals surface area contributed by atoms with Crippen molar-refractivity contribution in [3.63, 3.8) is 0 Å². The maximum absolute atomic E-state index is 13.4. The molecule has 33 heavy (non-hydrogen) atoms. The molecule has 2 aliphatic heterocycles. The van der Waals surface area contributed by atoms with Crippen molar-refractivity contribution in [3.8, 4) is 0 Å². The van der Waals surface area contributed by atoms with Gasteiger partial charge in [0.2, 0.25) is 5.91 Å². The number of sulfonamides is 1. The van der Waals surface area contributed by atoms with Crippen molar-refractivity contribution in [2.45, 2.75) is 31.2 Å². The average molecular weight is 471 g/mol. The zero-order chi connectivity index (χ0) is 23.6. The smallest absolute Gasteiger partial charge is 0.274 e. The van der Waals surface area contributed by atoms with Crippen molar-refractivity contribution >= 4 is 27.7 Å². The van der Waals surface area contributed by atoms with Crippen LogP contribution in [-0.4, -0.2) is 78.1 Å². The SMILES string of the molecule is CC[C@H](C)[C@H](N=C1NS(=O)(=O)c2ccccc21)C(=O)N1CCN(C(=O)c2cnccn2)CC1. The fraction of sp³-hybridized carbons (Fsp3) is 0.409. The molecule has 0 aliphatic carbocycles. The number of fused-ring (bicyclic) bond motifs is 1. The maximum Gasteiger partial charge on any atom is 0.274 e. The molecule has 0 saturated carbocycles. The molecule has 174 valence electrons. The third kappa shape index (κ3) is 4.58. The van der Waals surface area contributed by atoms with Gasteiger partial charge in [0.1, 0.15) is 17.6 Å². The quantitative estimate of drug-likeness (QED) is 0.693. The number of nitrogens with zero attached hydrogens (tertiary/aromatic N) is 5. The van der Waals surface area contributed by atoms with Crippen molar-refractivity contribution in [1.29, 1.82) is 0 Å². The lowest BCUT2D eigenvalue weighted by Crippen LogP contribution is -2.53. The Bertz CT molecular complexity index is 1180. The summed E-state index contributed by atoms with van der Waals surface area (Å²) >= 11 is 0. The predicted octanol–water partition coefficient (Wildman–Crippen LogP) is 0.914. The van der Waals surface area contributed by atoms with E-state index in [0.29, 0.717) is 38.2 Å². The molecule has 2 amide bonds. The van der Waals surface area contributed by atoms with Gasteiger partial charge in [0.05, 0.1) is 11.1 Å². The fourth-order valence-electron chi connectivity index (χ4n) is 3.91. The molecule has 0 bridgehead atoms. The highest BCUT2D eigenvalue weighted by molar-refractivity contribution is 7.90. The summed E-state index contributed by atoms with van der Waals surface area (Å²) in [7, 11) is -3.69. The molecule has 1 N–H and O–H groups in total. The molecule has 2 aliphatic rings. The minimum absolute atomic E-state index is 0.0958. The number of hydrogen-bond acceptors (Lipinski definition) is 7. The van der Waals surface area contributed by atoms with Crippen molar-refractivity contribution in [2.75, 3.05) is 26.2 Å². The fourth-order valence-corrected chi connectivity index (χ4v) is 5.15. The van der Waals surface area contributed by atoms with Gasteiger partial charge in [-0.3, -0.25) is 24.3 Å². The van der Waals surface area contributed by atoms with Gasteiger partial charge in [-0.25, -0.2) is 13.4 Å². The number of benzene rings is 1. The number of aliphatic imine (C=N–C) groups is 1. The molecule has 1 saturated heterocycles. The first-order valence-corrected chi connectivity index (χ1v) is 12.3. The lowest BCUT2D eigenvalue weighted by molar-refractivity contribution is -0.135. The summed E-state index contributed by atoms with van der Waals surface area (Å²) < 4.78 is 27.4. The van der Waals surface area contributed by atoms with Crippen molar-refractivity contribution < 1.29 is 18.0 Å². The molecule has 1 fully saturated rings. The predicted molar refractivity (Wildman–Crippen MR) is 121 cm³/mol. The Morgan fingerprint density at radius 2 is 1.82 bits per heavy atom. The summed E-state index contributed by atoms with van der Waals surface area (Å²) in [5, 5.41) is 0. The zero-order valence-corrected chi connectivity index (χ0v) is 19.3. The maximum atomic E-state index is 13.4. The Labute approximate surface area is 192 Å². The summed E-state index contributed by atoms with van der Waals surface area (Å²) in [4.78, 5) is 42.1. The molecular weight excluding hydrogens is 444 g/mol. The topological polar surface area (TPSA) is 125 Å². The number of hydrogen-bond donors (Lipinski definition) is 1. The number of amidine groups is 1. The Kier molecular flexibility index (Phi) is 6.41. The number of aromatic nitrogens is 2. The molecular formula is C22H26N6O4S. The summed E-state index contributed by atoms with van der Waals surface area (Å²) in [5.74, 6) is -0.292. The molecule has 0 radical (unpaired) electrons. The Hall–Kier alpha value is -3.34. The van der Waals surface area contributed by atoms with Gasteiger partial charge in [-0.05, 0) is 18.1 Å². The van der Waals surface area contributed by atoms with Crippen LogP contribution in [0.2, 0.25) is 0 Å². The van der Waals surface area contributed by atoms with Crippen LogP contribution >= 0.6 is 0 Å². The van der Waals surface area contributed by atoms with Crippen LogP contribution in [0.1, 0.15) is 36.3 Å². The van der Waals surface area contributed by atoms with Gasteiger partial charge >= 0.3 is 0 Å². The molecule has 3 heterocycles. The Morgan fingerprint density at radius 1 is 1.12 bits per heavy atom. The molecule has 2 atom stereocenters. The van der Waals surface area contributed by atoms with Gasteiger partial charge in [0, 0.05) is 44.1 Å². The number of piperazine rings is 1. The van der Waals surface area contributed by atoms with Gasteiger partial charge in [0.15, 0.2) is 0 Å². The van der Waals surface area contributed by atoms with Crippen LogP contribution in [0, 0.1) is 5.92 Å². The molecule has 1 aromatic heterocycles. The highest BCUT2D eigenvalue weighted by Crippen LogP contribution is 2.25. The van der Waals surface area contributed by atoms with Crippen LogP contribution in [0.5, 0.6) is 0 Å². The van der Waals surface area contributed by atoms with E-state index >= 15 is 0 Å². The van der Waals surface area contributed by atoms with Gasteiger partial charge in [0.25, 0.3) is 15.9 Å². The van der Waals surface area contributed by atoms with Crippen LogP contribution < -0.4 is 4.72 Å². The number of carbonyl (C=O) groups is 2. The van der Waals surface area contributed by atoms with E-state index in [-0.39, 0.29) is 34.2 Å². The molecule has 0 unspecified atom stereocenters. The van der Waals surface area contributed by atoms with E-state index in [2.05, 4.69) is 19.7 Å². The van der Waals surface area contributed by atoms with E-state index in [9.17, 15) is 18.0 Å². The minimum Gasteiger partial charge on any atom is -0.337 e. The average Bonchev–Trinajstić information content (AvgIpc) is 3.11. The molecule has 10 nitrogen and oxygen atoms in total. The molecule has 4 rings (SSSR count). The van der Waals surface area contributed by atoms with Crippen molar-refractivity contribution in [2.24, 2.45) is 10.9 Å². The second-order valence-electron chi connectivity index (χ2n) is 8.12. The highest BCUT2D eigenvalue weighted by atomic mass is 32.2. The van der Waals surface area contributed by atoms with E-state index in [1.165, 1.54) is 24.7 Å². The van der Waals surface area contributed by atoms with Crippen LogP contribution in [0.25, 0.3) is 0 Å². The van der Waals surface area contributed by atoms with Gasteiger partial charge in [-0.1, -0.05) is 32.4 Å². The van der Waals surface area contributed by atoms with E-state index in [1.54, 1.807) is 28.0 Å². The van der Waals surface area contributed by atoms with E-state index in [1.807, 2.05) is 13.8 Å². The van der Waals surface area contributed by atoms with Gasteiger partial charge in [-0.2, -0.15) is 0 Å². The van der Waals surface area contributed by atoms with Crippen molar-refractivity contribution in [3.05, 3.63) is 54.1 Å². The van der Waals surface area contributed by atoms with E-state index < -0.39 is 16.1 Å².